The molecule has 0 radical (unpaired) electrons. The maximum absolute atomic E-state index is 12.3. The van der Waals surface area contributed by atoms with Gasteiger partial charge in [0.2, 0.25) is 0 Å². The summed E-state index contributed by atoms with van der Waals surface area (Å²) >= 11 is 0. The van der Waals surface area contributed by atoms with Crippen LogP contribution >= 0.6 is 0 Å². The highest BCUT2D eigenvalue weighted by atomic mass is 16.5. The summed E-state index contributed by atoms with van der Waals surface area (Å²) in [6.07, 6.45) is 0.805. The average molecular weight is 350 g/mol. The number of carbonyl (C=O) groups excluding carboxylic acids is 1. The van der Waals surface area contributed by atoms with Crippen LogP contribution in [0.5, 0.6) is 0 Å². The van der Waals surface area contributed by atoms with Crippen molar-refractivity contribution in [3.05, 3.63) is 35.9 Å². The quantitative estimate of drug-likeness (QED) is 0.628. The second-order valence-corrected chi connectivity index (χ2v) is 6.07. The standard InChI is InChI=1S/C18H26N2O5/c1-2-25-16-12-24-11-15(16)20-18(23)19-14(8-9-17(21)22)10-13-6-4-3-5-7-13/h3-7,14-16H,2,8-12H2,1H3,(H,21,22)(H2,19,20,23)/t14?,15-,16-/m1/s1. The number of urea groups is 1. The van der Waals surface area contributed by atoms with E-state index in [4.69, 9.17) is 14.6 Å². The molecule has 3 N–H and O–H groups in total. The zero-order chi connectivity index (χ0) is 18.1. The summed E-state index contributed by atoms with van der Waals surface area (Å²) in [6, 6.07) is 8.91. The van der Waals surface area contributed by atoms with Crippen LogP contribution in [0.15, 0.2) is 30.3 Å². The van der Waals surface area contributed by atoms with Crippen LogP contribution in [0.4, 0.5) is 4.79 Å². The Bertz CT molecular complexity index is 552. The van der Waals surface area contributed by atoms with Crippen LogP contribution in [-0.2, 0) is 20.7 Å². The molecule has 1 heterocycles. The SMILES string of the molecule is CCO[C@@H]1COC[C@H]1NC(=O)NC(CCC(=O)O)Cc1ccccc1. The van der Waals surface area contributed by atoms with E-state index in [1.807, 2.05) is 37.3 Å². The van der Waals surface area contributed by atoms with Gasteiger partial charge in [-0.3, -0.25) is 4.79 Å². The van der Waals surface area contributed by atoms with E-state index in [2.05, 4.69) is 10.6 Å². The molecule has 1 aromatic carbocycles. The Kier molecular flexibility index (Phi) is 7.69. The summed E-state index contributed by atoms with van der Waals surface area (Å²) in [7, 11) is 0. The fourth-order valence-electron chi connectivity index (χ4n) is 2.86. The number of nitrogens with one attached hydrogen (secondary N) is 2. The van der Waals surface area contributed by atoms with E-state index in [0.717, 1.165) is 5.56 Å². The van der Waals surface area contributed by atoms with Gasteiger partial charge in [-0.05, 0) is 25.3 Å². The largest absolute Gasteiger partial charge is 0.481 e. The molecule has 1 saturated heterocycles. The summed E-state index contributed by atoms with van der Waals surface area (Å²) in [5, 5.41) is 14.7. The van der Waals surface area contributed by atoms with Crippen LogP contribution in [0, 0.1) is 0 Å². The number of benzene rings is 1. The van der Waals surface area contributed by atoms with Crippen molar-refractivity contribution in [1.29, 1.82) is 0 Å². The first-order valence-electron chi connectivity index (χ1n) is 8.60. The minimum absolute atomic E-state index is 0.00584. The predicted molar refractivity (Wildman–Crippen MR) is 92.5 cm³/mol. The molecule has 2 amide bonds. The first kappa shape index (κ1) is 19.2. The van der Waals surface area contributed by atoms with Crippen LogP contribution in [0.3, 0.4) is 0 Å². The smallest absolute Gasteiger partial charge is 0.315 e. The molecule has 0 saturated carbocycles. The lowest BCUT2D eigenvalue weighted by atomic mass is 10.0. The summed E-state index contributed by atoms with van der Waals surface area (Å²) in [4.78, 5) is 23.2. The van der Waals surface area contributed by atoms with E-state index >= 15 is 0 Å². The van der Waals surface area contributed by atoms with Crippen LogP contribution in [0.2, 0.25) is 0 Å². The topological polar surface area (TPSA) is 96.9 Å². The Labute approximate surface area is 147 Å². The Morgan fingerprint density at radius 2 is 2.08 bits per heavy atom. The number of amides is 2. The molecule has 0 bridgehead atoms. The number of ether oxygens (including phenoxy) is 2. The van der Waals surface area contributed by atoms with Crippen molar-refractivity contribution in [3.63, 3.8) is 0 Å². The van der Waals surface area contributed by atoms with E-state index in [9.17, 15) is 9.59 Å². The van der Waals surface area contributed by atoms with Crippen molar-refractivity contribution in [2.24, 2.45) is 0 Å². The summed E-state index contributed by atoms with van der Waals surface area (Å²) in [6.45, 7) is 3.34. The lowest BCUT2D eigenvalue weighted by molar-refractivity contribution is -0.137. The number of aliphatic carboxylic acids is 1. The highest BCUT2D eigenvalue weighted by molar-refractivity contribution is 5.75. The van der Waals surface area contributed by atoms with Crippen molar-refractivity contribution >= 4 is 12.0 Å². The average Bonchev–Trinajstić information content (AvgIpc) is 3.01. The zero-order valence-electron chi connectivity index (χ0n) is 14.4. The van der Waals surface area contributed by atoms with Gasteiger partial charge in [-0.15, -0.1) is 0 Å². The third-order valence-corrected chi connectivity index (χ3v) is 4.09. The summed E-state index contributed by atoms with van der Waals surface area (Å²) in [5.74, 6) is -0.874. The number of hydrogen-bond acceptors (Lipinski definition) is 4. The predicted octanol–water partition coefficient (Wildman–Crippen LogP) is 1.57. The summed E-state index contributed by atoms with van der Waals surface area (Å²) < 4.78 is 10.9. The van der Waals surface area contributed by atoms with Crippen molar-refractivity contribution in [1.82, 2.24) is 10.6 Å². The fraction of sp³-hybridized carbons (Fsp3) is 0.556. The maximum atomic E-state index is 12.3. The normalized spacial score (nSPS) is 20.8. The van der Waals surface area contributed by atoms with Crippen molar-refractivity contribution < 1.29 is 24.2 Å². The van der Waals surface area contributed by atoms with Gasteiger partial charge in [0.25, 0.3) is 0 Å². The monoisotopic (exact) mass is 350 g/mol. The third kappa shape index (κ3) is 6.72. The molecule has 1 aliphatic heterocycles. The van der Waals surface area contributed by atoms with Gasteiger partial charge < -0.3 is 25.2 Å². The van der Waals surface area contributed by atoms with E-state index in [-0.39, 0.29) is 30.6 Å². The highest BCUT2D eigenvalue weighted by Crippen LogP contribution is 2.11. The van der Waals surface area contributed by atoms with Crippen LogP contribution < -0.4 is 10.6 Å². The molecule has 1 aromatic rings. The van der Waals surface area contributed by atoms with Crippen molar-refractivity contribution in [2.45, 2.75) is 44.4 Å². The van der Waals surface area contributed by atoms with E-state index in [0.29, 0.717) is 32.7 Å². The minimum atomic E-state index is -0.874. The van der Waals surface area contributed by atoms with Gasteiger partial charge in [-0.25, -0.2) is 4.79 Å². The molecule has 0 spiro atoms. The molecule has 25 heavy (non-hydrogen) atoms. The molecule has 1 unspecified atom stereocenters. The molecule has 7 heteroatoms. The van der Waals surface area contributed by atoms with Gasteiger partial charge in [0, 0.05) is 19.1 Å². The van der Waals surface area contributed by atoms with Crippen LogP contribution in [0.1, 0.15) is 25.3 Å². The fourth-order valence-corrected chi connectivity index (χ4v) is 2.86. The van der Waals surface area contributed by atoms with Gasteiger partial charge in [0.05, 0.1) is 19.3 Å². The Hall–Kier alpha value is -2.12. The van der Waals surface area contributed by atoms with Gasteiger partial charge >= 0.3 is 12.0 Å². The molecule has 0 aliphatic carbocycles. The van der Waals surface area contributed by atoms with E-state index in [1.165, 1.54) is 0 Å². The first-order valence-corrected chi connectivity index (χ1v) is 8.60. The third-order valence-electron chi connectivity index (χ3n) is 4.09. The second kappa shape index (κ2) is 10.0. The molecular formula is C18H26N2O5. The molecule has 7 nitrogen and oxygen atoms in total. The van der Waals surface area contributed by atoms with E-state index < -0.39 is 5.97 Å². The molecule has 138 valence electrons. The minimum Gasteiger partial charge on any atom is -0.481 e. The van der Waals surface area contributed by atoms with Crippen molar-refractivity contribution in [2.75, 3.05) is 19.8 Å². The van der Waals surface area contributed by atoms with Gasteiger partial charge in [0.1, 0.15) is 6.10 Å². The number of rotatable bonds is 9. The number of carboxylic acids is 1. The maximum Gasteiger partial charge on any atom is 0.315 e. The summed E-state index contributed by atoms with van der Waals surface area (Å²) in [5.41, 5.74) is 1.05. The van der Waals surface area contributed by atoms with Crippen LogP contribution in [-0.4, -0.2) is 55.1 Å². The second-order valence-electron chi connectivity index (χ2n) is 6.07. The Morgan fingerprint density at radius 1 is 1.32 bits per heavy atom. The molecule has 0 aromatic heterocycles. The number of carboxylic acid groups (broad SMARTS) is 1. The number of carbonyl (C=O) groups is 2. The molecule has 3 atom stereocenters. The molecule has 2 rings (SSSR count). The molecule has 1 aliphatic rings. The molecule has 1 fully saturated rings. The van der Waals surface area contributed by atoms with Crippen LogP contribution in [0.25, 0.3) is 0 Å². The lowest BCUT2D eigenvalue weighted by Gasteiger charge is -2.23. The van der Waals surface area contributed by atoms with E-state index in [1.54, 1.807) is 0 Å². The van der Waals surface area contributed by atoms with Crippen molar-refractivity contribution in [3.8, 4) is 0 Å². The number of hydrogen-bond donors (Lipinski definition) is 3. The highest BCUT2D eigenvalue weighted by Gasteiger charge is 2.30. The Morgan fingerprint density at radius 3 is 2.76 bits per heavy atom. The lowest BCUT2D eigenvalue weighted by Crippen LogP contribution is -2.51. The van der Waals surface area contributed by atoms with Gasteiger partial charge in [0.15, 0.2) is 0 Å². The first-order chi connectivity index (χ1) is 12.1. The van der Waals surface area contributed by atoms with Gasteiger partial charge in [-0.2, -0.15) is 0 Å². The van der Waals surface area contributed by atoms with Gasteiger partial charge in [-0.1, -0.05) is 30.3 Å². The Balaban J connectivity index is 1.90. The zero-order valence-corrected chi connectivity index (χ0v) is 14.4. The molecular weight excluding hydrogens is 324 g/mol.